The number of ether oxygens (including phenoxy) is 1. The van der Waals surface area contributed by atoms with E-state index in [4.69, 9.17) is 16.3 Å². The van der Waals surface area contributed by atoms with Gasteiger partial charge in [-0.15, -0.1) is 0 Å². The molecule has 0 heterocycles. The molecule has 16 heavy (non-hydrogen) atoms. The monoisotopic (exact) mass is 241 g/mol. The Morgan fingerprint density at radius 3 is 2.75 bits per heavy atom. The van der Waals surface area contributed by atoms with Crippen molar-refractivity contribution in [2.24, 2.45) is 0 Å². The predicted octanol–water partition coefficient (Wildman–Crippen LogP) is 4.34. The van der Waals surface area contributed by atoms with Crippen LogP contribution in [-0.2, 0) is 0 Å². The van der Waals surface area contributed by atoms with Crippen molar-refractivity contribution in [3.63, 3.8) is 0 Å². The number of hydrogen-bond donors (Lipinski definition) is 1. The van der Waals surface area contributed by atoms with Crippen LogP contribution in [-0.4, -0.2) is 12.6 Å². The number of halogens is 1. The van der Waals surface area contributed by atoms with E-state index in [1.807, 2.05) is 18.2 Å². The van der Waals surface area contributed by atoms with Gasteiger partial charge in [-0.05, 0) is 38.0 Å². The number of rotatable bonds is 6. The van der Waals surface area contributed by atoms with E-state index < -0.39 is 0 Å². The van der Waals surface area contributed by atoms with E-state index in [2.05, 4.69) is 26.1 Å². The minimum Gasteiger partial charge on any atom is -0.491 e. The third kappa shape index (κ3) is 3.93. The fourth-order valence-electron chi connectivity index (χ4n) is 1.32. The van der Waals surface area contributed by atoms with Gasteiger partial charge in [0.15, 0.2) is 0 Å². The highest BCUT2D eigenvalue weighted by atomic mass is 35.5. The van der Waals surface area contributed by atoms with Gasteiger partial charge >= 0.3 is 0 Å². The fourth-order valence-corrected chi connectivity index (χ4v) is 1.49. The number of hydrogen-bond acceptors (Lipinski definition) is 2. The van der Waals surface area contributed by atoms with Gasteiger partial charge in [0.25, 0.3) is 0 Å². The van der Waals surface area contributed by atoms with Crippen LogP contribution in [0.15, 0.2) is 18.2 Å². The molecule has 0 saturated heterocycles. The molecule has 0 aliphatic rings. The third-order valence-electron chi connectivity index (χ3n) is 2.42. The summed E-state index contributed by atoms with van der Waals surface area (Å²) in [7, 11) is 0. The molecule has 0 aliphatic carbocycles. The highest BCUT2D eigenvalue weighted by Crippen LogP contribution is 2.29. The molecule has 1 aromatic rings. The van der Waals surface area contributed by atoms with Gasteiger partial charge in [-0.2, -0.15) is 0 Å². The van der Waals surface area contributed by atoms with E-state index in [0.717, 1.165) is 35.9 Å². The van der Waals surface area contributed by atoms with Crippen LogP contribution in [0.1, 0.15) is 33.6 Å². The lowest BCUT2D eigenvalue weighted by molar-refractivity contribution is 0.318. The topological polar surface area (TPSA) is 21.3 Å². The molecule has 90 valence electrons. The zero-order chi connectivity index (χ0) is 12.0. The summed E-state index contributed by atoms with van der Waals surface area (Å²) in [4.78, 5) is 0. The smallest absolute Gasteiger partial charge is 0.142 e. The first kappa shape index (κ1) is 13.2. The van der Waals surface area contributed by atoms with Crippen molar-refractivity contribution in [2.75, 3.05) is 11.9 Å². The molecule has 0 fully saturated rings. The Bertz CT molecular complexity index is 328. The van der Waals surface area contributed by atoms with Crippen molar-refractivity contribution in [3.8, 4) is 5.75 Å². The van der Waals surface area contributed by atoms with Crippen molar-refractivity contribution >= 4 is 17.3 Å². The lowest BCUT2D eigenvalue weighted by atomic mass is 10.2. The highest BCUT2D eigenvalue weighted by Gasteiger charge is 2.06. The Morgan fingerprint density at radius 1 is 1.38 bits per heavy atom. The molecule has 1 rings (SSSR count). The molecule has 0 saturated carbocycles. The summed E-state index contributed by atoms with van der Waals surface area (Å²) in [5.41, 5.74) is 0.982. The quantitative estimate of drug-likeness (QED) is 0.800. The summed E-state index contributed by atoms with van der Waals surface area (Å²) in [6, 6.07) is 6.11. The maximum Gasteiger partial charge on any atom is 0.142 e. The Labute approximate surface area is 103 Å². The Morgan fingerprint density at radius 2 is 2.12 bits per heavy atom. The van der Waals surface area contributed by atoms with Crippen LogP contribution in [0.5, 0.6) is 5.75 Å². The first-order valence-electron chi connectivity index (χ1n) is 5.86. The van der Waals surface area contributed by atoms with Crippen molar-refractivity contribution in [1.29, 1.82) is 0 Å². The third-order valence-corrected chi connectivity index (χ3v) is 2.65. The standard InChI is InChI=1S/C13H20ClNO/c1-4-8-16-13-7-6-11(14)9-12(13)15-10(3)5-2/h6-7,9-10,15H,4-5,8H2,1-3H3. The zero-order valence-corrected chi connectivity index (χ0v) is 11.0. The van der Waals surface area contributed by atoms with Gasteiger partial charge in [0.05, 0.1) is 12.3 Å². The maximum absolute atomic E-state index is 5.98. The van der Waals surface area contributed by atoms with E-state index in [9.17, 15) is 0 Å². The van der Waals surface area contributed by atoms with Gasteiger partial charge in [-0.25, -0.2) is 0 Å². The van der Waals surface area contributed by atoms with Crippen molar-refractivity contribution < 1.29 is 4.74 Å². The lowest BCUT2D eigenvalue weighted by Gasteiger charge is -2.17. The minimum absolute atomic E-state index is 0.419. The van der Waals surface area contributed by atoms with E-state index in [1.165, 1.54) is 0 Å². The van der Waals surface area contributed by atoms with Crippen LogP contribution in [0.3, 0.4) is 0 Å². The molecule has 0 amide bonds. The second-order valence-electron chi connectivity index (χ2n) is 3.94. The van der Waals surface area contributed by atoms with Gasteiger partial charge in [0.1, 0.15) is 5.75 Å². The van der Waals surface area contributed by atoms with E-state index >= 15 is 0 Å². The molecule has 1 atom stereocenters. The van der Waals surface area contributed by atoms with Gasteiger partial charge in [-0.1, -0.05) is 25.4 Å². The van der Waals surface area contributed by atoms with E-state index in [1.54, 1.807) is 0 Å². The largest absolute Gasteiger partial charge is 0.491 e. The Hall–Kier alpha value is -0.890. The van der Waals surface area contributed by atoms with Crippen LogP contribution in [0.25, 0.3) is 0 Å². The molecule has 0 aliphatic heterocycles. The van der Waals surface area contributed by atoms with Crippen molar-refractivity contribution in [3.05, 3.63) is 23.2 Å². The van der Waals surface area contributed by atoms with Crippen molar-refractivity contribution in [2.45, 2.75) is 39.7 Å². The molecule has 1 aromatic carbocycles. The van der Waals surface area contributed by atoms with Gasteiger partial charge in [0, 0.05) is 11.1 Å². The summed E-state index contributed by atoms with van der Waals surface area (Å²) in [6.45, 7) is 7.12. The van der Waals surface area contributed by atoms with E-state index in [0.29, 0.717) is 6.04 Å². The highest BCUT2D eigenvalue weighted by molar-refractivity contribution is 6.30. The summed E-state index contributed by atoms with van der Waals surface area (Å²) in [5.74, 6) is 0.881. The normalized spacial score (nSPS) is 12.2. The Balaban J connectivity index is 2.80. The number of anilines is 1. The van der Waals surface area contributed by atoms with Gasteiger partial charge in [0.2, 0.25) is 0 Å². The first-order chi connectivity index (χ1) is 7.67. The molecular weight excluding hydrogens is 222 g/mol. The molecule has 3 heteroatoms. The molecule has 2 nitrogen and oxygen atoms in total. The summed E-state index contributed by atoms with van der Waals surface area (Å²) >= 11 is 5.98. The predicted molar refractivity (Wildman–Crippen MR) is 70.6 cm³/mol. The van der Waals surface area contributed by atoms with Crippen LogP contribution in [0.2, 0.25) is 5.02 Å². The second-order valence-corrected chi connectivity index (χ2v) is 4.38. The van der Waals surface area contributed by atoms with Gasteiger partial charge in [-0.3, -0.25) is 0 Å². The lowest BCUT2D eigenvalue weighted by Crippen LogP contribution is -2.14. The first-order valence-corrected chi connectivity index (χ1v) is 6.24. The van der Waals surface area contributed by atoms with Crippen LogP contribution >= 0.6 is 11.6 Å². The maximum atomic E-state index is 5.98. The average molecular weight is 242 g/mol. The van der Waals surface area contributed by atoms with Gasteiger partial charge < -0.3 is 10.1 Å². The average Bonchev–Trinajstić information content (AvgIpc) is 2.28. The molecule has 1 unspecified atom stereocenters. The molecule has 0 bridgehead atoms. The fraction of sp³-hybridized carbons (Fsp3) is 0.538. The SMILES string of the molecule is CCCOc1ccc(Cl)cc1NC(C)CC. The molecule has 0 spiro atoms. The summed E-state index contributed by atoms with van der Waals surface area (Å²) in [6.07, 6.45) is 2.07. The minimum atomic E-state index is 0.419. The zero-order valence-electron chi connectivity index (χ0n) is 10.2. The molecular formula is C13H20ClNO. The summed E-state index contributed by atoms with van der Waals surface area (Å²) in [5, 5.41) is 4.13. The van der Waals surface area contributed by atoms with E-state index in [-0.39, 0.29) is 0 Å². The molecule has 0 aromatic heterocycles. The number of benzene rings is 1. The van der Waals surface area contributed by atoms with Crippen LogP contribution < -0.4 is 10.1 Å². The number of nitrogens with one attached hydrogen (secondary N) is 1. The van der Waals surface area contributed by atoms with Crippen LogP contribution in [0, 0.1) is 0 Å². The summed E-state index contributed by atoms with van der Waals surface area (Å²) < 4.78 is 5.67. The molecule has 0 radical (unpaired) electrons. The Kier molecular flexibility index (Phi) is 5.47. The van der Waals surface area contributed by atoms with Crippen molar-refractivity contribution in [1.82, 2.24) is 0 Å². The second kappa shape index (κ2) is 6.64. The van der Waals surface area contributed by atoms with Crippen LogP contribution in [0.4, 0.5) is 5.69 Å². The molecule has 1 N–H and O–H groups in total.